The van der Waals surface area contributed by atoms with Gasteiger partial charge in [-0.15, -0.1) is 0 Å². The van der Waals surface area contributed by atoms with E-state index in [0.717, 1.165) is 11.3 Å². The fraction of sp³-hybridized carbons (Fsp3) is 0.375. The first-order valence-electron chi connectivity index (χ1n) is 7.01. The molecular formula is C16H21N3O2. The highest BCUT2D eigenvalue weighted by Crippen LogP contribution is 2.25. The van der Waals surface area contributed by atoms with Crippen molar-refractivity contribution < 1.29 is 9.47 Å². The minimum absolute atomic E-state index is 0.370. The van der Waals surface area contributed by atoms with Crippen LogP contribution in [-0.2, 0) is 11.3 Å². The molecule has 0 spiro atoms. The smallest absolute Gasteiger partial charge is 0.224 e. The lowest BCUT2D eigenvalue weighted by molar-refractivity contribution is 0.128. The summed E-state index contributed by atoms with van der Waals surface area (Å²) in [5, 5.41) is 3.01. The third-order valence-corrected chi connectivity index (χ3v) is 2.99. The van der Waals surface area contributed by atoms with Gasteiger partial charge in [-0.05, 0) is 32.4 Å². The van der Waals surface area contributed by atoms with Gasteiger partial charge in [0.25, 0.3) is 0 Å². The second kappa shape index (κ2) is 7.04. The van der Waals surface area contributed by atoms with Crippen molar-refractivity contribution in [3.8, 4) is 11.6 Å². The molecule has 0 aliphatic carbocycles. The maximum atomic E-state index is 5.88. The molecule has 1 aromatic heterocycles. The van der Waals surface area contributed by atoms with Crippen molar-refractivity contribution in [1.82, 2.24) is 9.97 Å². The molecule has 1 N–H and O–H groups in total. The Morgan fingerprint density at radius 1 is 1.14 bits per heavy atom. The van der Waals surface area contributed by atoms with Gasteiger partial charge in [-0.2, -0.15) is 4.98 Å². The van der Waals surface area contributed by atoms with Crippen LogP contribution in [0.25, 0.3) is 0 Å². The zero-order valence-electron chi connectivity index (χ0n) is 12.9. The van der Waals surface area contributed by atoms with E-state index in [-0.39, 0.29) is 0 Å². The maximum Gasteiger partial charge on any atom is 0.224 e. The monoisotopic (exact) mass is 287 g/mol. The average Bonchev–Trinajstić information content (AvgIpc) is 2.48. The van der Waals surface area contributed by atoms with Crippen LogP contribution in [0.4, 0.5) is 5.82 Å². The fourth-order valence-electron chi connectivity index (χ4n) is 1.94. The van der Waals surface area contributed by atoms with Crippen molar-refractivity contribution in [2.75, 3.05) is 19.0 Å². The van der Waals surface area contributed by atoms with Gasteiger partial charge in [0.2, 0.25) is 5.88 Å². The molecule has 21 heavy (non-hydrogen) atoms. The Bertz CT molecular complexity index is 614. The quantitative estimate of drug-likeness (QED) is 0.881. The number of rotatable bonds is 6. The molecule has 5 nitrogen and oxygen atoms in total. The van der Waals surface area contributed by atoms with Crippen LogP contribution in [0, 0.1) is 13.8 Å². The van der Waals surface area contributed by atoms with E-state index in [9.17, 15) is 0 Å². The molecule has 2 aromatic rings. The summed E-state index contributed by atoms with van der Waals surface area (Å²) in [5.41, 5.74) is 2.28. The lowest BCUT2D eigenvalue weighted by atomic mass is 10.1. The first kappa shape index (κ1) is 15.3. The second-order valence-corrected chi connectivity index (χ2v) is 4.77. The molecule has 0 fully saturated rings. The third kappa shape index (κ3) is 4.16. The Kier molecular flexibility index (Phi) is 5.11. The third-order valence-electron chi connectivity index (χ3n) is 2.99. The Morgan fingerprint density at radius 2 is 1.95 bits per heavy atom. The predicted octanol–water partition coefficient (Wildman–Crippen LogP) is 3.46. The largest absolute Gasteiger partial charge is 0.439 e. The molecule has 0 radical (unpaired) electrons. The second-order valence-electron chi connectivity index (χ2n) is 4.77. The van der Waals surface area contributed by atoms with Gasteiger partial charge in [0.1, 0.15) is 18.2 Å². The van der Waals surface area contributed by atoms with Crippen LogP contribution in [0.15, 0.2) is 24.3 Å². The summed E-state index contributed by atoms with van der Waals surface area (Å²) in [6, 6.07) is 7.82. The molecule has 0 saturated heterocycles. The lowest BCUT2D eigenvalue weighted by Gasteiger charge is -2.11. The number of benzene rings is 1. The summed E-state index contributed by atoms with van der Waals surface area (Å²) in [5.74, 6) is 2.61. The molecule has 0 unspecified atom stereocenters. The van der Waals surface area contributed by atoms with Gasteiger partial charge < -0.3 is 14.8 Å². The van der Waals surface area contributed by atoms with Gasteiger partial charge in [-0.1, -0.05) is 17.7 Å². The molecular weight excluding hydrogens is 266 g/mol. The average molecular weight is 287 g/mol. The zero-order chi connectivity index (χ0) is 15.2. The van der Waals surface area contributed by atoms with Crippen molar-refractivity contribution in [2.45, 2.75) is 27.4 Å². The summed E-state index contributed by atoms with van der Waals surface area (Å²) in [4.78, 5) is 8.72. The molecule has 0 atom stereocenters. The van der Waals surface area contributed by atoms with Gasteiger partial charge >= 0.3 is 0 Å². The molecule has 0 saturated carbocycles. The van der Waals surface area contributed by atoms with Crippen LogP contribution in [0.2, 0.25) is 0 Å². The highest BCUT2D eigenvalue weighted by Gasteiger charge is 2.08. The Balaban J connectivity index is 2.25. The molecule has 5 heteroatoms. The minimum atomic E-state index is 0.370. The Morgan fingerprint density at radius 3 is 2.62 bits per heavy atom. The van der Waals surface area contributed by atoms with Gasteiger partial charge in [0.05, 0.1) is 0 Å². The number of nitrogens with zero attached hydrogens (tertiary/aromatic N) is 2. The van der Waals surface area contributed by atoms with E-state index in [1.54, 1.807) is 6.07 Å². The Hall–Kier alpha value is -2.14. The highest BCUT2D eigenvalue weighted by atomic mass is 16.5. The van der Waals surface area contributed by atoms with Crippen molar-refractivity contribution >= 4 is 5.82 Å². The van der Waals surface area contributed by atoms with Crippen molar-refractivity contribution in [3.05, 3.63) is 41.2 Å². The number of ether oxygens (including phenoxy) is 2. The summed E-state index contributed by atoms with van der Waals surface area (Å²) in [7, 11) is 1.81. The highest BCUT2D eigenvalue weighted by molar-refractivity contribution is 5.42. The van der Waals surface area contributed by atoms with Crippen molar-refractivity contribution in [3.63, 3.8) is 0 Å². The number of aryl methyl sites for hydroxylation is 2. The Labute approximate surface area is 125 Å². The summed E-state index contributed by atoms with van der Waals surface area (Å²) >= 11 is 0. The molecule has 1 heterocycles. The van der Waals surface area contributed by atoms with Gasteiger partial charge in [0.15, 0.2) is 5.82 Å². The van der Waals surface area contributed by atoms with Crippen LogP contribution in [0.5, 0.6) is 11.6 Å². The van der Waals surface area contributed by atoms with Crippen LogP contribution in [0.3, 0.4) is 0 Å². The summed E-state index contributed by atoms with van der Waals surface area (Å²) in [6.45, 7) is 7.01. The van der Waals surface area contributed by atoms with E-state index < -0.39 is 0 Å². The standard InChI is InChI=1S/C16H21N3O2/c1-5-20-10-15-18-14(17-4)9-16(19-15)21-13-7-6-11(2)8-12(13)3/h6-9H,5,10H2,1-4H3,(H,17,18,19). The van der Waals surface area contributed by atoms with Gasteiger partial charge in [-0.3, -0.25) is 0 Å². The van der Waals surface area contributed by atoms with Gasteiger partial charge in [0, 0.05) is 19.7 Å². The number of aromatic nitrogens is 2. The number of nitrogens with one attached hydrogen (secondary N) is 1. The SMILES string of the molecule is CCOCc1nc(NC)cc(Oc2ccc(C)cc2C)n1. The fourth-order valence-corrected chi connectivity index (χ4v) is 1.94. The minimum Gasteiger partial charge on any atom is -0.439 e. The molecule has 2 rings (SSSR count). The number of anilines is 1. The topological polar surface area (TPSA) is 56.3 Å². The van der Waals surface area contributed by atoms with E-state index in [1.165, 1.54) is 5.56 Å². The molecule has 112 valence electrons. The van der Waals surface area contributed by atoms with E-state index in [1.807, 2.05) is 33.0 Å². The zero-order valence-corrected chi connectivity index (χ0v) is 12.9. The number of hydrogen-bond donors (Lipinski definition) is 1. The maximum absolute atomic E-state index is 5.88. The van der Waals surface area contributed by atoms with E-state index in [0.29, 0.717) is 30.7 Å². The lowest BCUT2D eigenvalue weighted by Crippen LogP contribution is -2.04. The van der Waals surface area contributed by atoms with Crippen molar-refractivity contribution in [2.24, 2.45) is 0 Å². The van der Waals surface area contributed by atoms with E-state index >= 15 is 0 Å². The molecule has 0 bridgehead atoms. The van der Waals surface area contributed by atoms with Crippen molar-refractivity contribution in [1.29, 1.82) is 0 Å². The number of hydrogen-bond acceptors (Lipinski definition) is 5. The van der Waals surface area contributed by atoms with Crippen LogP contribution in [0.1, 0.15) is 23.9 Å². The first-order chi connectivity index (χ1) is 10.1. The predicted molar refractivity (Wildman–Crippen MR) is 82.9 cm³/mol. The van der Waals surface area contributed by atoms with E-state index in [4.69, 9.17) is 9.47 Å². The van der Waals surface area contributed by atoms with E-state index in [2.05, 4.69) is 28.3 Å². The first-order valence-corrected chi connectivity index (χ1v) is 7.01. The molecule has 0 amide bonds. The van der Waals surface area contributed by atoms with Gasteiger partial charge in [-0.25, -0.2) is 4.98 Å². The summed E-state index contributed by atoms with van der Waals surface area (Å²) in [6.07, 6.45) is 0. The normalized spacial score (nSPS) is 10.5. The molecule has 0 aliphatic rings. The van der Waals surface area contributed by atoms with Crippen LogP contribution < -0.4 is 10.1 Å². The molecule has 0 aliphatic heterocycles. The van der Waals surface area contributed by atoms with Crippen LogP contribution >= 0.6 is 0 Å². The summed E-state index contributed by atoms with van der Waals surface area (Å²) < 4.78 is 11.2. The molecule has 1 aromatic carbocycles. The van der Waals surface area contributed by atoms with Crippen LogP contribution in [-0.4, -0.2) is 23.6 Å².